The molecule has 0 amide bonds. The van der Waals surface area contributed by atoms with E-state index in [4.69, 9.17) is 4.79 Å². The molecule has 0 unspecified atom stereocenters. The predicted molar refractivity (Wildman–Crippen MR) is 130 cm³/mol. The Balaban J connectivity index is 0.000000948. The van der Waals surface area contributed by atoms with E-state index in [1.165, 1.54) is 22.4 Å². The first-order valence-electron chi connectivity index (χ1n) is 10.7. The highest BCUT2D eigenvalue weighted by atomic mass is 16.1. The Hall–Kier alpha value is -2.95. The van der Waals surface area contributed by atoms with Crippen LogP contribution in [0.2, 0.25) is 0 Å². The van der Waals surface area contributed by atoms with Crippen molar-refractivity contribution in [1.82, 2.24) is 15.0 Å². The lowest BCUT2D eigenvalue weighted by molar-refractivity contribution is -0.0979. The Morgan fingerprint density at radius 1 is 0.867 bits per heavy atom. The second kappa shape index (κ2) is 14.1. The van der Waals surface area contributed by atoms with Crippen molar-refractivity contribution in [3.8, 4) is 22.5 Å². The van der Waals surface area contributed by atoms with Crippen LogP contribution in [0, 0.1) is 6.92 Å². The van der Waals surface area contributed by atoms with Gasteiger partial charge in [0.1, 0.15) is 12.5 Å². The van der Waals surface area contributed by atoms with Gasteiger partial charge in [-0.2, -0.15) is 0 Å². The number of para-hydroxylation sites is 1. The zero-order valence-corrected chi connectivity index (χ0v) is 20.2. The van der Waals surface area contributed by atoms with Gasteiger partial charge in [0.2, 0.25) is 0 Å². The van der Waals surface area contributed by atoms with E-state index in [-0.39, 0.29) is 0 Å². The van der Waals surface area contributed by atoms with Crippen LogP contribution in [0.4, 0.5) is 5.69 Å². The second-order valence-corrected chi connectivity index (χ2v) is 5.94. The number of rotatable bonds is 0. The highest BCUT2D eigenvalue weighted by Gasteiger charge is 2.24. The number of aryl methyl sites for hydroxylation is 2. The van der Waals surface area contributed by atoms with E-state index in [0.717, 1.165) is 23.5 Å². The summed E-state index contributed by atoms with van der Waals surface area (Å²) in [4.78, 5) is 10.3. The molecule has 0 atom stereocenters. The first-order valence-corrected chi connectivity index (χ1v) is 10.7. The number of hydrogen-bond acceptors (Lipinski definition) is 4. The topological polar surface area (TPSA) is 51.0 Å². The van der Waals surface area contributed by atoms with E-state index < -0.39 is 0 Å². The highest BCUT2D eigenvalue weighted by molar-refractivity contribution is 5.87. The fourth-order valence-corrected chi connectivity index (χ4v) is 3.27. The minimum atomic E-state index is 0.874. The summed E-state index contributed by atoms with van der Waals surface area (Å²) in [6.45, 7) is 17.0. The van der Waals surface area contributed by atoms with Gasteiger partial charge in [0, 0.05) is 37.5 Å². The lowest BCUT2D eigenvalue weighted by Gasteiger charge is -2.26. The Bertz CT molecular complexity index is 887. The minimum absolute atomic E-state index is 0.874. The van der Waals surface area contributed by atoms with E-state index in [2.05, 4.69) is 71.6 Å². The Morgan fingerprint density at radius 3 is 2.10 bits per heavy atom. The van der Waals surface area contributed by atoms with Crippen molar-refractivity contribution < 1.29 is 4.79 Å². The maximum absolute atomic E-state index is 8.00. The summed E-state index contributed by atoms with van der Waals surface area (Å²) in [6.07, 6.45) is 0. The van der Waals surface area contributed by atoms with E-state index in [1.807, 2.05) is 60.1 Å². The summed E-state index contributed by atoms with van der Waals surface area (Å²) in [5.74, 6) is 0. The van der Waals surface area contributed by atoms with Crippen LogP contribution in [-0.2, 0) is 18.4 Å². The normalized spacial score (nSPS) is 10.2. The molecule has 0 spiro atoms. The highest BCUT2D eigenvalue weighted by Crippen LogP contribution is 2.40. The summed E-state index contributed by atoms with van der Waals surface area (Å²) in [5, 5.41) is 8.72. The molecule has 0 radical (unpaired) electrons. The number of anilines is 1. The third kappa shape index (κ3) is 5.78. The average molecular weight is 411 g/mol. The molecule has 0 bridgehead atoms. The molecular weight excluding hydrogens is 372 g/mol. The molecule has 3 aromatic rings. The summed E-state index contributed by atoms with van der Waals surface area (Å²) < 4.78 is 1.88. The molecule has 1 aliphatic heterocycles. The van der Waals surface area contributed by atoms with Gasteiger partial charge in [0.05, 0.1) is 5.69 Å². The van der Waals surface area contributed by atoms with Crippen LogP contribution >= 0.6 is 0 Å². The van der Waals surface area contributed by atoms with Crippen LogP contribution in [0.5, 0.6) is 0 Å². The van der Waals surface area contributed by atoms with Crippen molar-refractivity contribution in [2.24, 2.45) is 7.05 Å². The van der Waals surface area contributed by atoms with Crippen LogP contribution in [0.3, 0.4) is 0 Å². The van der Waals surface area contributed by atoms with Crippen molar-refractivity contribution in [1.29, 1.82) is 0 Å². The third-order valence-corrected chi connectivity index (χ3v) is 4.32. The fraction of sp³-hybridized carbons (Fsp3) is 0.400. The molecule has 5 nitrogen and oxygen atoms in total. The lowest BCUT2D eigenvalue weighted by Crippen LogP contribution is -2.19. The van der Waals surface area contributed by atoms with Crippen LogP contribution in [0.15, 0.2) is 42.5 Å². The van der Waals surface area contributed by atoms with Crippen molar-refractivity contribution >= 4 is 12.5 Å². The SMILES string of the molecule is C=O.CC.CC.CC.Cc1ccc2c(c1)CN(C)c1ccccc1-c1nnn(C)c1-2. The third-order valence-electron chi connectivity index (χ3n) is 4.32. The number of hydrogen-bond donors (Lipinski definition) is 0. The van der Waals surface area contributed by atoms with Crippen molar-refractivity contribution in [2.75, 3.05) is 11.9 Å². The zero-order valence-electron chi connectivity index (χ0n) is 20.2. The quantitative estimate of drug-likeness (QED) is 0.436. The Morgan fingerprint density at radius 2 is 1.47 bits per heavy atom. The van der Waals surface area contributed by atoms with Gasteiger partial charge in [-0.05, 0) is 18.6 Å². The molecule has 2 aromatic carbocycles. The van der Waals surface area contributed by atoms with Gasteiger partial charge >= 0.3 is 0 Å². The van der Waals surface area contributed by atoms with Crippen LogP contribution in [0.1, 0.15) is 52.7 Å². The van der Waals surface area contributed by atoms with Gasteiger partial charge in [0.15, 0.2) is 0 Å². The van der Waals surface area contributed by atoms with Crippen LogP contribution in [0.25, 0.3) is 22.5 Å². The predicted octanol–water partition coefficient (Wildman–Crippen LogP) is 6.30. The first-order chi connectivity index (χ1) is 14.6. The summed E-state index contributed by atoms with van der Waals surface area (Å²) in [7, 11) is 4.09. The number of carbonyl (C=O) groups is 1. The molecule has 0 fully saturated rings. The maximum atomic E-state index is 8.00. The standard InChI is InChI=1S/C18H18N4.3C2H6.CH2O/c1-12-8-9-14-13(10-12)11-21(2)16-7-5-4-6-15(16)17-18(14)22(3)20-19-17;4*1-2/h4-10H,11H2,1-3H3;3*1-2H3;1H2. The average Bonchev–Trinajstić information content (AvgIpc) is 3.19. The van der Waals surface area contributed by atoms with Crippen LogP contribution < -0.4 is 4.90 Å². The second-order valence-electron chi connectivity index (χ2n) is 5.94. The monoisotopic (exact) mass is 410 g/mol. The molecule has 2 heterocycles. The molecule has 164 valence electrons. The van der Waals surface area contributed by atoms with E-state index in [9.17, 15) is 0 Å². The van der Waals surface area contributed by atoms with Gasteiger partial charge in [-0.15, -0.1) is 5.10 Å². The van der Waals surface area contributed by atoms with E-state index >= 15 is 0 Å². The number of benzene rings is 2. The van der Waals surface area contributed by atoms with E-state index in [0.29, 0.717) is 0 Å². The molecule has 30 heavy (non-hydrogen) atoms. The first kappa shape index (κ1) is 27.0. The molecule has 1 aliphatic rings. The van der Waals surface area contributed by atoms with Gasteiger partial charge in [-0.25, -0.2) is 4.68 Å². The van der Waals surface area contributed by atoms with Gasteiger partial charge < -0.3 is 9.69 Å². The minimum Gasteiger partial charge on any atom is -0.370 e. The van der Waals surface area contributed by atoms with Crippen molar-refractivity contribution in [2.45, 2.75) is 55.0 Å². The number of aromatic nitrogens is 3. The van der Waals surface area contributed by atoms with Gasteiger partial charge in [-0.3, -0.25) is 0 Å². The number of carbonyl (C=O) groups excluding carboxylic acids is 1. The molecule has 0 saturated carbocycles. The zero-order chi connectivity index (χ0) is 23.3. The van der Waals surface area contributed by atoms with Crippen molar-refractivity contribution in [3.05, 3.63) is 53.6 Å². The largest absolute Gasteiger partial charge is 0.370 e. The molecule has 1 aromatic heterocycles. The van der Waals surface area contributed by atoms with Gasteiger partial charge in [-0.1, -0.05) is 88.7 Å². The lowest BCUT2D eigenvalue weighted by atomic mass is 9.95. The fourth-order valence-electron chi connectivity index (χ4n) is 3.27. The van der Waals surface area contributed by atoms with E-state index in [1.54, 1.807) is 0 Å². The molecule has 4 rings (SSSR count). The Kier molecular flexibility index (Phi) is 12.7. The molecule has 0 saturated heterocycles. The summed E-state index contributed by atoms with van der Waals surface area (Å²) in [5.41, 5.74) is 8.18. The molecule has 0 N–H and O–H groups in total. The summed E-state index contributed by atoms with van der Waals surface area (Å²) >= 11 is 0. The molecule has 0 aliphatic carbocycles. The molecular formula is C25H38N4O. The number of nitrogens with zero attached hydrogens (tertiary/aromatic N) is 4. The van der Waals surface area contributed by atoms with Gasteiger partial charge in [0.25, 0.3) is 0 Å². The molecule has 5 heteroatoms. The van der Waals surface area contributed by atoms with Crippen LogP contribution in [-0.4, -0.2) is 28.8 Å². The summed E-state index contributed by atoms with van der Waals surface area (Å²) in [6, 6.07) is 15.0. The number of fused-ring (bicyclic) bond motifs is 5. The smallest absolute Gasteiger partial charge is 0.123 e. The maximum Gasteiger partial charge on any atom is 0.123 e. The van der Waals surface area contributed by atoms with Crippen molar-refractivity contribution in [3.63, 3.8) is 0 Å². The Labute approximate surface area is 182 Å².